The summed E-state index contributed by atoms with van der Waals surface area (Å²) in [6.07, 6.45) is -4.01. The van der Waals surface area contributed by atoms with Gasteiger partial charge in [0, 0.05) is 6.42 Å². The molecule has 0 aliphatic carbocycles. The summed E-state index contributed by atoms with van der Waals surface area (Å²) in [5.74, 6) is 0.0314. The topological polar surface area (TPSA) is 59.8 Å². The quantitative estimate of drug-likeness (QED) is 0.905. The highest BCUT2D eigenvalue weighted by Gasteiger charge is 2.35. The number of aromatic nitrogens is 3. The third kappa shape index (κ3) is 4.31. The predicted octanol–water partition coefficient (Wildman–Crippen LogP) is 3.13. The van der Waals surface area contributed by atoms with Crippen LogP contribution in [0.1, 0.15) is 42.1 Å². The second kappa shape index (κ2) is 6.31. The number of carbonyl (C=O) groups is 1. The van der Waals surface area contributed by atoms with Gasteiger partial charge in [-0.05, 0) is 25.3 Å². The van der Waals surface area contributed by atoms with E-state index < -0.39 is 18.3 Å². The first-order valence-corrected chi connectivity index (χ1v) is 7.87. The van der Waals surface area contributed by atoms with Gasteiger partial charge < -0.3 is 5.32 Å². The predicted molar refractivity (Wildman–Crippen MR) is 80.3 cm³/mol. The van der Waals surface area contributed by atoms with Gasteiger partial charge in [-0.2, -0.15) is 18.3 Å². The highest BCUT2D eigenvalue weighted by molar-refractivity contribution is 7.12. The zero-order valence-electron chi connectivity index (χ0n) is 12.9. The van der Waals surface area contributed by atoms with Crippen LogP contribution in [0, 0.1) is 0 Å². The molecule has 0 radical (unpaired) electrons. The van der Waals surface area contributed by atoms with Crippen molar-refractivity contribution in [1.82, 2.24) is 20.1 Å². The molecule has 2 heterocycles. The van der Waals surface area contributed by atoms with Crippen molar-refractivity contribution in [2.24, 2.45) is 0 Å². The van der Waals surface area contributed by atoms with E-state index in [1.165, 1.54) is 11.3 Å². The Balaban J connectivity index is 2.30. The molecule has 23 heavy (non-hydrogen) atoms. The molecule has 0 aliphatic rings. The number of carbonyl (C=O) groups excluding carboxylic acids is 1. The third-order valence-corrected chi connectivity index (χ3v) is 3.96. The van der Waals surface area contributed by atoms with Crippen molar-refractivity contribution in [3.05, 3.63) is 34.0 Å². The summed E-state index contributed by atoms with van der Waals surface area (Å²) in [5, 5.41) is 8.36. The first-order valence-electron chi connectivity index (χ1n) is 6.99. The van der Waals surface area contributed by atoms with E-state index in [4.69, 9.17) is 0 Å². The summed E-state index contributed by atoms with van der Waals surface area (Å²) in [4.78, 5) is 16.8. The first kappa shape index (κ1) is 17.5. The Kier molecular flexibility index (Phi) is 4.79. The number of hydrogen-bond acceptors (Lipinski definition) is 4. The van der Waals surface area contributed by atoms with E-state index >= 15 is 0 Å². The highest BCUT2D eigenvalue weighted by atomic mass is 32.1. The molecule has 126 valence electrons. The number of aryl methyl sites for hydroxylation is 1. The van der Waals surface area contributed by atoms with Gasteiger partial charge in [-0.1, -0.05) is 13.0 Å². The fraction of sp³-hybridized carbons (Fsp3) is 0.500. The van der Waals surface area contributed by atoms with Gasteiger partial charge in [0.15, 0.2) is 11.6 Å². The molecular weight excluding hydrogens is 329 g/mol. The van der Waals surface area contributed by atoms with Gasteiger partial charge in [0.25, 0.3) is 5.91 Å². The Morgan fingerprint density at radius 2 is 2.09 bits per heavy atom. The minimum atomic E-state index is -4.42. The molecule has 0 fully saturated rings. The minimum Gasteiger partial charge on any atom is -0.339 e. The zero-order valence-corrected chi connectivity index (χ0v) is 13.8. The average Bonchev–Trinajstić information content (AvgIpc) is 3.04. The van der Waals surface area contributed by atoms with Crippen LogP contribution >= 0.6 is 11.3 Å². The van der Waals surface area contributed by atoms with Gasteiger partial charge in [0.2, 0.25) is 0 Å². The molecule has 0 saturated heterocycles. The second-order valence-electron chi connectivity index (χ2n) is 5.53. The summed E-state index contributed by atoms with van der Waals surface area (Å²) in [6, 6.07) is 3.38. The van der Waals surface area contributed by atoms with Crippen molar-refractivity contribution in [2.45, 2.75) is 45.5 Å². The molecule has 1 N–H and O–H groups in total. The van der Waals surface area contributed by atoms with Gasteiger partial charge in [-0.15, -0.1) is 11.3 Å². The maximum atomic E-state index is 12.7. The Hall–Kier alpha value is -1.90. The molecular formula is C14H17F3N4OS. The van der Waals surface area contributed by atoms with Crippen molar-refractivity contribution < 1.29 is 18.0 Å². The van der Waals surface area contributed by atoms with Crippen LogP contribution in [0.25, 0.3) is 0 Å². The lowest BCUT2D eigenvalue weighted by Gasteiger charge is -2.25. The summed E-state index contributed by atoms with van der Waals surface area (Å²) in [7, 11) is 0. The Morgan fingerprint density at radius 3 is 2.61 bits per heavy atom. The second-order valence-corrected chi connectivity index (χ2v) is 6.48. The lowest BCUT2D eigenvalue weighted by molar-refractivity contribution is -0.143. The van der Waals surface area contributed by atoms with Crippen LogP contribution < -0.4 is 5.32 Å². The molecule has 9 heteroatoms. The van der Waals surface area contributed by atoms with Crippen molar-refractivity contribution in [2.75, 3.05) is 0 Å². The van der Waals surface area contributed by atoms with E-state index in [0.29, 0.717) is 17.1 Å². The Morgan fingerprint density at radius 1 is 1.39 bits per heavy atom. The van der Waals surface area contributed by atoms with E-state index in [1.807, 2.05) is 0 Å². The Labute approximate surface area is 135 Å². The van der Waals surface area contributed by atoms with Gasteiger partial charge >= 0.3 is 6.18 Å². The fourth-order valence-corrected chi connectivity index (χ4v) is 2.71. The van der Waals surface area contributed by atoms with Crippen molar-refractivity contribution >= 4 is 17.2 Å². The molecule has 1 amide bonds. The van der Waals surface area contributed by atoms with E-state index in [1.54, 1.807) is 38.3 Å². The molecule has 0 bridgehead atoms. The number of amides is 1. The van der Waals surface area contributed by atoms with Crippen LogP contribution in [0.5, 0.6) is 0 Å². The molecule has 2 rings (SSSR count). The number of halogens is 3. The van der Waals surface area contributed by atoms with E-state index in [-0.39, 0.29) is 11.7 Å². The van der Waals surface area contributed by atoms with Crippen LogP contribution in [0.15, 0.2) is 17.5 Å². The average molecular weight is 346 g/mol. The van der Waals surface area contributed by atoms with Gasteiger partial charge in [0.05, 0.1) is 10.4 Å². The summed E-state index contributed by atoms with van der Waals surface area (Å²) in [6.45, 7) is 3.73. The molecule has 0 saturated carbocycles. The molecule has 0 spiro atoms. The fourth-order valence-electron chi connectivity index (χ4n) is 2.09. The molecule has 0 aliphatic heterocycles. The van der Waals surface area contributed by atoms with Crippen molar-refractivity contribution in [1.29, 1.82) is 0 Å². The van der Waals surface area contributed by atoms with Crippen LogP contribution in [-0.2, 0) is 18.5 Å². The van der Waals surface area contributed by atoms with Crippen LogP contribution in [-0.4, -0.2) is 26.8 Å². The lowest BCUT2D eigenvalue weighted by atomic mass is 10.0. The Bertz CT molecular complexity index is 677. The highest BCUT2D eigenvalue weighted by Crippen LogP contribution is 2.24. The molecule has 0 unspecified atom stereocenters. The maximum absolute atomic E-state index is 12.7. The summed E-state index contributed by atoms with van der Waals surface area (Å²) < 4.78 is 39.0. The number of alkyl halides is 3. The normalized spacial score (nSPS) is 12.4. The summed E-state index contributed by atoms with van der Waals surface area (Å²) in [5.41, 5.74) is -1.09. The van der Waals surface area contributed by atoms with Crippen molar-refractivity contribution in [3.8, 4) is 0 Å². The SMILES string of the molecule is CCc1nc(C(C)(C)NC(=O)c2cccs2)n(CC(F)(F)F)n1. The van der Waals surface area contributed by atoms with E-state index in [0.717, 1.165) is 4.68 Å². The maximum Gasteiger partial charge on any atom is 0.408 e. The van der Waals surface area contributed by atoms with Crippen LogP contribution in [0.3, 0.4) is 0 Å². The first-order chi connectivity index (χ1) is 10.6. The van der Waals surface area contributed by atoms with Gasteiger partial charge in [-0.25, -0.2) is 9.67 Å². The van der Waals surface area contributed by atoms with Crippen LogP contribution in [0.2, 0.25) is 0 Å². The number of thiophene rings is 1. The zero-order chi connectivity index (χ0) is 17.3. The van der Waals surface area contributed by atoms with E-state index in [2.05, 4.69) is 15.4 Å². The number of hydrogen-bond donors (Lipinski definition) is 1. The van der Waals surface area contributed by atoms with Crippen molar-refractivity contribution in [3.63, 3.8) is 0 Å². The standard InChI is InChI=1S/C14H17F3N4OS/c1-4-10-18-12(21(20-10)8-14(15,16)17)13(2,3)19-11(22)9-6-5-7-23-9/h5-7H,4,8H2,1-3H3,(H,19,22). The van der Waals surface area contributed by atoms with Gasteiger partial charge in [0.1, 0.15) is 6.54 Å². The smallest absolute Gasteiger partial charge is 0.339 e. The van der Waals surface area contributed by atoms with Crippen LogP contribution in [0.4, 0.5) is 13.2 Å². The molecule has 0 atom stereocenters. The number of rotatable bonds is 5. The molecule has 0 aromatic carbocycles. The number of nitrogens with one attached hydrogen (secondary N) is 1. The molecule has 2 aromatic heterocycles. The number of nitrogens with zero attached hydrogens (tertiary/aromatic N) is 3. The lowest BCUT2D eigenvalue weighted by Crippen LogP contribution is -2.43. The molecule has 2 aromatic rings. The largest absolute Gasteiger partial charge is 0.408 e. The third-order valence-electron chi connectivity index (χ3n) is 3.09. The molecule has 5 nitrogen and oxygen atoms in total. The summed E-state index contributed by atoms with van der Waals surface area (Å²) >= 11 is 1.26. The monoisotopic (exact) mass is 346 g/mol. The van der Waals surface area contributed by atoms with Gasteiger partial charge in [-0.3, -0.25) is 4.79 Å². The minimum absolute atomic E-state index is 0.0802. The van der Waals surface area contributed by atoms with E-state index in [9.17, 15) is 18.0 Å².